The number of benzene rings is 2. The standard InChI is InChI=1S/C18H18N/c1-13-8-9-17-15(12-13)10-11-19(3)18(17)16-7-5-4-6-14(16)2/h4-12H,1-3H3/q+1/i11D. The van der Waals surface area contributed by atoms with Gasteiger partial charge in [0, 0.05) is 11.6 Å². The Balaban J connectivity index is 2.45. The lowest BCUT2D eigenvalue weighted by Gasteiger charge is -2.08. The molecule has 1 heteroatoms. The van der Waals surface area contributed by atoms with Gasteiger partial charge in [0.15, 0.2) is 6.17 Å². The molecule has 0 aliphatic rings. The highest BCUT2D eigenvalue weighted by atomic mass is 14.9. The third-order valence-corrected chi connectivity index (χ3v) is 3.61. The fourth-order valence-corrected chi connectivity index (χ4v) is 2.59. The Labute approximate surface area is 115 Å². The molecule has 19 heavy (non-hydrogen) atoms. The zero-order valence-electron chi connectivity index (χ0n) is 12.6. The predicted octanol–water partition coefficient (Wildman–Crippen LogP) is 3.95. The first-order chi connectivity index (χ1) is 9.58. The molecule has 0 amide bonds. The number of pyridine rings is 1. The fourth-order valence-electron chi connectivity index (χ4n) is 2.59. The molecule has 1 aromatic heterocycles. The number of hydrogen-bond donors (Lipinski definition) is 0. The molecule has 0 radical (unpaired) electrons. The van der Waals surface area contributed by atoms with Gasteiger partial charge < -0.3 is 0 Å². The van der Waals surface area contributed by atoms with Crippen molar-refractivity contribution in [2.75, 3.05) is 0 Å². The summed E-state index contributed by atoms with van der Waals surface area (Å²) in [6.07, 6.45) is 0.529. The molecule has 2 aromatic carbocycles. The Kier molecular flexibility index (Phi) is 2.55. The van der Waals surface area contributed by atoms with E-state index in [1.807, 2.05) is 17.7 Å². The largest absolute Gasteiger partial charge is 0.220 e. The molecule has 0 unspecified atom stereocenters. The van der Waals surface area contributed by atoms with Crippen molar-refractivity contribution in [2.45, 2.75) is 13.8 Å². The van der Waals surface area contributed by atoms with Crippen LogP contribution >= 0.6 is 0 Å². The maximum atomic E-state index is 8.20. The van der Waals surface area contributed by atoms with Crippen molar-refractivity contribution in [1.82, 2.24) is 0 Å². The van der Waals surface area contributed by atoms with E-state index in [-0.39, 0.29) is 0 Å². The van der Waals surface area contributed by atoms with E-state index < -0.39 is 0 Å². The van der Waals surface area contributed by atoms with Crippen LogP contribution in [0.1, 0.15) is 12.5 Å². The van der Waals surface area contributed by atoms with Gasteiger partial charge >= 0.3 is 0 Å². The van der Waals surface area contributed by atoms with E-state index in [1.54, 1.807) is 0 Å². The second-order valence-electron chi connectivity index (χ2n) is 5.09. The lowest BCUT2D eigenvalue weighted by atomic mass is 9.99. The number of nitrogens with zero attached hydrogens (tertiary/aromatic N) is 1. The third-order valence-electron chi connectivity index (χ3n) is 3.61. The highest BCUT2D eigenvalue weighted by molar-refractivity contribution is 5.93. The maximum absolute atomic E-state index is 8.20. The summed E-state index contributed by atoms with van der Waals surface area (Å²) >= 11 is 0. The summed E-state index contributed by atoms with van der Waals surface area (Å²) in [5, 5.41) is 2.33. The Morgan fingerprint density at radius 3 is 2.58 bits per heavy atom. The van der Waals surface area contributed by atoms with E-state index >= 15 is 0 Å². The van der Waals surface area contributed by atoms with Crippen LogP contribution in [0.3, 0.4) is 0 Å². The minimum absolute atomic E-state index is 0.529. The molecule has 0 spiro atoms. The second-order valence-corrected chi connectivity index (χ2v) is 5.09. The molecular weight excluding hydrogens is 230 g/mol. The van der Waals surface area contributed by atoms with Gasteiger partial charge in [-0.25, -0.2) is 4.57 Å². The number of aromatic nitrogens is 1. The number of fused-ring (bicyclic) bond motifs is 1. The van der Waals surface area contributed by atoms with Crippen LogP contribution in [0.5, 0.6) is 0 Å². The van der Waals surface area contributed by atoms with Gasteiger partial charge in [-0.2, -0.15) is 0 Å². The molecule has 3 aromatic rings. The molecule has 0 saturated heterocycles. The molecule has 1 nitrogen and oxygen atoms in total. The monoisotopic (exact) mass is 249 g/mol. The van der Waals surface area contributed by atoms with Crippen LogP contribution in [-0.4, -0.2) is 0 Å². The molecule has 0 bridgehead atoms. The van der Waals surface area contributed by atoms with Gasteiger partial charge in [0.2, 0.25) is 5.69 Å². The van der Waals surface area contributed by atoms with Crippen LogP contribution in [0.15, 0.2) is 54.7 Å². The van der Waals surface area contributed by atoms with Crippen molar-refractivity contribution < 1.29 is 5.94 Å². The molecule has 94 valence electrons. The maximum Gasteiger partial charge on any atom is 0.220 e. The quantitative estimate of drug-likeness (QED) is 0.575. The highest BCUT2D eigenvalue weighted by Crippen LogP contribution is 2.27. The number of rotatable bonds is 1. The average molecular weight is 249 g/mol. The summed E-state index contributed by atoms with van der Waals surface area (Å²) < 4.78 is 10.2. The third kappa shape index (κ3) is 2.01. The van der Waals surface area contributed by atoms with Crippen LogP contribution in [0.4, 0.5) is 0 Å². The molecule has 0 aliphatic heterocycles. The van der Waals surface area contributed by atoms with E-state index in [9.17, 15) is 0 Å². The minimum atomic E-state index is 0.529. The summed E-state index contributed by atoms with van der Waals surface area (Å²) in [4.78, 5) is 0. The summed E-state index contributed by atoms with van der Waals surface area (Å²) in [6, 6.07) is 16.7. The Morgan fingerprint density at radius 1 is 1.00 bits per heavy atom. The van der Waals surface area contributed by atoms with Crippen molar-refractivity contribution >= 4 is 10.8 Å². The lowest BCUT2D eigenvalue weighted by molar-refractivity contribution is -0.659. The second kappa shape index (κ2) is 4.51. The van der Waals surface area contributed by atoms with E-state index in [0.29, 0.717) is 6.17 Å². The van der Waals surface area contributed by atoms with Crippen molar-refractivity contribution in [3.8, 4) is 11.3 Å². The molecule has 3 rings (SSSR count). The van der Waals surface area contributed by atoms with E-state index in [4.69, 9.17) is 1.37 Å². The Bertz CT molecular complexity index is 806. The van der Waals surface area contributed by atoms with Crippen LogP contribution in [0.25, 0.3) is 22.0 Å². The summed E-state index contributed by atoms with van der Waals surface area (Å²) in [6.45, 7) is 4.20. The minimum Gasteiger partial charge on any atom is -0.200 e. The topological polar surface area (TPSA) is 3.88 Å². The van der Waals surface area contributed by atoms with Gasteiger partial charge in [0.05, 0.1) is 5.39 Å². The normalized spacial score (nSPS) is 11.6. The van der Waals surface area contributed by atoms with Gasteiger partial charge in [0.1, 0.15) is 8.42 Å². The van der Waals surface area contributed by atoms with Crippen LogP contribution in [-0.2, 0) is 7.05 Å². The number of aryl methyl sites for hydroxylation is 2. The van der Waals surface area contributed by atoms with Gasteiger partial charge in [0.25, 0.3) is 0 Å². The average Bonchev–Trinajstić information content (AvgIpc) is 2.42. The molecule has 0 N–H and O–H groups in total. The molecule has 0 atom stereocenters. The van der Waals surface area contributed by atoms with Crippen molar-refractivity contribution in [3.63, 3.8) is 0 Å². The zero-order chi connectivity index (χ0) is 14.3. The van der Waals surface area contributed by atoms with E-state index in [2.05, 4.69) is 56.3 Å². The predicted molar refractivity (Wildman–Crippen MR) is 80.0 cm³/mol. The van der Waals surface area contributed by atoms with Gasteiger partial charge in [-0.15, -0.1) is 0 Å². The van der Waals surface area contributed by atoms with Gasteiger partial charge in [-0.1, -0.05) is 35.9 Å². The van der Waals surface area contributed by atoms with Crippen LogP contribution < -0.4 is 4.57 Å². The van der Waals surface area contributed by atoms with Crippen LogP contribution in [0.2, 0.25) is 0 Å². The first kappa shape index (κ1) is 10.7. The summed E-state index contributed by atoms with van der Waals surface area (Å²) in [7, 11) is 1.96. The Hall–Kier alpha value is -2.15. The highest BCUT2D eigenvalue weighted by Gasteiger charge is 2.16. The first-order valence-electron chi connectivity index (χ1n) is 7.04. The molecule has 0 fully saturated rings. The van der Waals surface area contributed by atoms with Crippen molar-refractivity contribution in [1.29, 1.82) is 0 Å². The smallest absolute Gasteiger partial charge is 0.200 e. The van der Waals surface area contributed by atoms with Gasteiger partial charge in [-0.05, 0) is 36.9 Å². The first-order valence-corrected chi connectivity index (χ1v) is 6.54. The number of hydrogen-bond acceptors (Lipinski definition) is 0. The molecule has 1 heterocycles. The summed E-state index contributed by atoms with van der Waals surface area (Å²) in [5.74, 6) is 0. The van der Waals surface area contributed by atoms with Crippen molar-refractivity contribution in [3.05, 3.63) is 65.8 Å². The fraction of sp³-hybridized carbons (Fsp3) is 0.167. The molecule has 0 saturated carbocycles. The molecular formula is C18H18N+. The van der Waals surface area contributed by atoms with E-state index in [0.717, 1.165) is 11.1 Å². The van der Waals surface area contributed by atoms with Crippen molar-refractivity contribution in [2.24, 2.45) is 7.05 Å². The lowest BCUT2D eigenvalue weighted by Crippen LogP contribution is -2.30. The summed E-state index contributed by atoms with van der Waals surface area (Å²) in [5.41, 5.74) is 4.76. The molecule has 0 aliphatic carbocycles. The Morgan fingerprint density at radius 2 is 1.79 bits per heavy atom. The SMILES string of the molecule is [2H]c1cc2cc(C)ccc2c(-c2ccccc2C)[n+]1C. The van der Waals surface area contributed by atoms with E-state index in [1.165, 1.54) is 22.1 Å². The zero-order valence-corrected chi connectivity index (χ0v) is 11.6. The van der Waals surface area contributed by atoms with Gasteiger partial charge in [-0.3, -0.25) is 0 Å². The van der Waals surface area contributed by atoms with Crippen LogP contribution in [0, 0.1) is 13.8 Å².